The fraction of sp³-hybridized carbons (Fsp3) is 0.200. The van der Waals surface area contributed by atoms with E-state index in [-0.39, 0.29) is 16.5 Å². The van der Waals surface area contributed by atoms with E-state index in [0.29, 0.717) is 0 Å². The number of rotatable bonds is 0. The third-order valence-electron chi connectivity index (χ3n) is 0.231. The molecule has 0 atom stereocenters. The Labute approximate surface area is 72.0 Å². The summed E-state index contributed by atoms with van der Waals surface area (Å²) in [6.07, 6.45) is -3.69. The Morgan fingerprint density at radius 1 is 1.55 bits per heavy atom. The molecule has 11 heavy (non-hydrogen) atoms. The van der Waals surface area contributed by atoms with Gasteiger partial charge in [0.05, 0.1) is 0 Å². The standard InChI is InChI=1S/C3H5.C2HF3O2.Ni/c1-3-2;3-2(4,5)1(6)7;/h3H,1-2H2;(H,6,7);/q-1;;+2/p-1. The van der Waals surface area contributed by atoms with Gasteiger partial charge in [0, 0.05) is 0 Å². The number of allylic oxidation sites excluding steroid dienone is 1. The molecule has 0 aliphatic carbocycles. The van der Waals surface area contributed by atoms with Gasteiger partial charge in [-0.05, 0) is 0 Å². The molecule has 0 saturated heterocycles. The minimum Gasteiger partial charge on any atom is -0.542 e. The van der Waals surface area contributed by atoms with Gasteiger partial charge in [0.1, 0.15) is 5.97 Å². The predicted octanol–water partition coefficient (Wildman–Crippen LogP) is 0.303. The molecule has 0 amide bonds. The van der Waals surface area contributed by atoms with E-state index < -0.39 is 12.1 Å². The molecule has 0 aliphatic rings. The van der Waals surface area contributed by atoms with Gasteiger partial charge >= 0.3 is 22.7 Å². The van der Waals surface area contributed by atoms with Gasteiger partial charge in [-0.3, -0.25) is 0 Å². The van der Waals surface area contributed by atoms with E-state index >= 15 is 0 Å². The van der Waals surface area contributed by atoms with Gasteiger partial charge in [-0.2, -0.15) is 13.2 Å². The van der Waals surface area contributed by atoms with E-state index in [4.69, 9.17) is 9.90 Å². The first-order chi connectivity index (χ1) is 4.36. The molecule has 0 heterocycles. The molecule has 0 aliphatic heterocycles. The van der Waals surface area contributed by atoms with Crippen molar-refractivity contribution in [3.8, 4) is 0 Å². The third kappa shape index (κ3) is 17.6. The first-order valence-corrected chi connectivity index (χ1v) is 2.04. The van der Waals surface area contributed by atoms with Crippen LogP contribution in [0.1, 0.15) is 0 Å². The quantitative estimate of drug-likeness (QED) is 0.428. The number of hydrogen-bond donors (Lipinski definition) is 0. The SMILES string of the molecule is C=C[CH2-].O=C([O-])C(F)(F)F.[Ni+2]. The number of hydrogen-bond acceptors (Lipinski definition) is 2. The molecule has 0 aromatic rings. The van der Waals surface area contributed by atoms with Crippen molar-refractivity contribution in [3.63, 3.8) is 0 Å². The molecular formula is C5H5F3NiO2. The molecule has 2 nitrogen and oxygen atoms in total. The zero-order chi connectivity index (χ0) is 8.78. The van der Waals surface area contributed by atoms with Crippen LogP contribution in [0.4, 0.5) is 13.2 Å². The number of aliphatic carboxylic acids is 1. The summed E-state index contributed by atoms with van der Waals surface area (Å²) in [5, 5.41) is 8.78. The van der Waals surface area contributed by atoms with E-state index in [1.807, 2.05) is 0 Å². The van der Waals surface area contributed by atoms with Crippen molar-refractivity contribution in [2.75, 3.05) is 0 Å². The van der Waals surface area contributed by atoms with E-state index in [9.17, 15) is 13.2 Å². The molecule has 0 N–H and O–H groups in total. The Morgan fingerprint density at radius 3 is 1.64 bits per heavy atom. The zero-order valence-corrected chi connectivity index (χ0v) is 6.25. The van der Waals surface area contributed by atoms with Crippen molar-refractivity contribution >= 4 is 5.97 Å². The number of alkyl halides is 3. The Bertz CT molecular complexity index is 121. The maximum Gasteiger partial charge on any atom is 2.00 e. The second-order valence-corrected chi connectivity index (χ2v) is 1.07. The maximum atomic E-state index is 10.5. The monoisotopic (exact) mass is 212 g/mol. The molecule has 0 unspecified atom stereocenters. The summed E-state index contributed by atoms with van der Waals surface area (Å²) < 4.78 is 31.5. The Kier molecular flexibility index (Phi) is 11.4. The number of carbonyl (C=O) groups is 1. The van der Waals surface area contributed by atoms with E-state index in [2.05, 4.69) is 13.5 Å². The van der Waals surface area contributed by atoms with Gasteiger partial charge < -0.3 is 9.90 Å². The van der Waals surface area contributed by atoms with Crippen LogP contribution in [0.2, 0.25) is 0 Å². The van der Waals surface area contributed by atoms with Gasteiger partial charge in [-0.1, -0.05) is 0 Å². The average molecular weight is 213 g/mol. The van der Waals surface area contributed by atoms with Crippen molar-refractivity contribution in [2.45, 2.75) is 6.18 Å². The topological polar surface area (TPSA) is 40.1 Å². The number of carbonyl (C=O) groups excluding carboxylic acids is 1. The Balaban J connectivity index is -0.000000140. The van der Waals surface area contributed by atoms with Crippen molar-refractivity contribution in [2.24, 2.45) is 0 Å². The van der Waals surface area contributed by atoms with Gasteiger partial charge in [-0.15, -0.1) is 0 Å². The van der Waals surface area contributed by atoms with Crippen LogP contribution in [0.25, 0.3) is 0 Å². The van der Waals surface area contributed by atoms with Crippen molar-refractivity contribution in [3.05, 3.63) is 19.6 Å². The van der Waals surface area contributed by atoms with Crippen LogP contribution in [0.3, 0.4) is 0 Å². The average Bonchev–Trinajstić information content (AvgIpc) is 1.64. The smallest absolute Gasteiger partial charge is 0.542 e. The van der Waals surface area contributed by atoms with Crippen LogP contribution >= 0.6 is 0 Å². The summed E-state index contributed by atoms with van der Waals surface area (Å²) in [6.45, 7) is 6.50. The van der Waals surface area contributed by atoms with Crippen LogP contribution in [-0.2, 0) is 21.3 Å². The summed E-state index contributed by atoms with van der Waals surface area (Å²) in [5.41, 5.74) is 0. The van der Waals surface area contributed by atoms with E-state index in [1.54, 1.807) is 0 Å². The van der Waals surface area contributed by atoms with Gasteiger partial charge in [0.2, 0.25) is 0 Å². The maximum absolute atomic E-state index is 10.5. The second kappa shape index (κ2) is 7.47. The van der Waals surface area contributed by atoms with Crippen molar-refractivity contribution in [1.82, 2.24) is 0 Å². The van der Waals surface area contributed by atoms with Gasteiger partial charge in [-0.25, -0.2) is 19.6 Å². The molecule has 0 aromatic heterocycles. The number of carboxylic acid groups (broad SMARTS) is 1. The fourth-order valence-corrected chi connectivity index (χ4v) is 0. The summed E-state index contributed by atoms with van der Waals surface area (Å²) in [6, 6.07) is 0. The number of halogens is 3. The first kappa shape index (κ1) is 16.8. The Morgan fingerprint density at radius 2 is 1.64 bits per heavy atom. The zero-order valence-electron chi connectivity index (χ0n) is 5.26. The minimum atomic E-state index is -5.19. The van der Waals surface area contributed by atoms with Crippen LogP contribution < -0.4 is 5.11 Å². The van der Waals surface area contributed by atoms with Gasteiger partial charge in [0.15, 0.2) is 0 Å². The molecule has 68 valence electrons. The molecule has 0 spiro atoms. The fourth-order valence-electron chi connectivity index (χ4n) is 0. The molecule has 6 heteroatoms. The molecule has 0 fully saturated rings. The van der Waals surface area contributed by atoms with Crippen LogP contribution in [0.5, 0.6) is 0 Å². The summed E-state index contributed by atoms with van der Waals surface area (Å²) in [4.78, 5) is 8.78. The molecule has 0 rings (SSSR count). The van der Waals surface area contributed by atoms with E-state index in [1.165, 1.54) is 6.08 Å². The molecular weight excluding hydrogens is 208 g/mol. The third-order valence-corrected chi connectivity index (χ3v) is 0.231. The number of carboxylic acids is 1. The summed E-state index contributed by atoms with van der Waals surface area (Å²) >= 11 is 0. The summed E-state index contributed by atoms with van der Waals surface area (Å²) in [5.74, 6) is -3.01. The molecule has 0 bridgehead atoms. The van der Waals surface area contributed by atoms with Crippen LogP contribution in [0.15, 0.2) is 12.7 Å². The minimum absolute atomic E-state index is 0. The Hall–Kier alpha value is -0.636. The van der Waals surface area contributed by atoms with E-state index in [0.717, 1.165) is 0 Å². The first-order valence-electron chi connectivity index (χ1n) is 2.04. The molecule has 0 saturated carbocycles. The van der Waals surface area contributed by atoms with Crippen LogP contribution in [0, 0.1) is 6.92 Å². The molecule has 0 aromatic carbocycles. The largest absolute Gasteiger partial charge is 2.00 e. The van der Waals surface area contributed by atoms with Crippen LogP contribution in [-0.4, -0.2) is 12.1 Å². The second-order valence-electron chi connectivity index (χ2n) is 1.07. The molecule has 0 radical (unpaired) electrons. The van der Waals surface area contributed by atoms with Gasteiger partial charge in [0.25, 0.3) is 0 Å². The summed E-state index contributed by atoms with van der Waals surface area (Å²) in [7, 11) is 0. The normalized spacial score (nSPS) is 8.27. The van der Waals surface area contributed by atoms with Crippen molar-refractivity contribution in [1.29, 1.82) is 0 Å². The predicted molar refractivity (Wildman–Crippen MR) is 26.6 cm³/mol. The van der Waals surface area contributed by atoms with Crippen molar-refractivity contribution < 1.29 is 39.6 Å².